The van der Waals surface area contributed by atoms with Gasteiger partial charge in [-0.1, -0.05) is 12.1 Å². The number of carbonyl (C=O) groups is 1. The fraction of sp³-hybridized carbons (Fsp3) is 0.545. The first-order chi connectivity index (χ1) is 14.1. The van der Waals surface area contributed by atoms with Crippen molar-refractivity contribution in [3.05, 3.63) is 36.0 Å². The van der Waals surface area contributed by atoms with Gasteiger partial charge >= 0.3 is 0 Å². The monoisotopic (exact) mass is 398 g/mol. The maximum atomic E-state index is 11.7. The molecule has 1 aromatic carbocycles. The summed E-state index contributed by atoms with van der Waals surface area (Å²) in [6.07, 6.45) is 2.30. The molecule has 3 aliphatic rings. The molecule has 7 nitrogen and oxygen atoms in total. The van der Waals surface area contributed by atoms with Crippen molar-refractivity contribution in [2.45, 2.75) is 24.8 Å². The summed E-state index contributed by atoms with van der Waals surface area (Å²) in [5.41, 5.74) is 3.26. The van der Waals surface area contributed by atoms with Crippen LogP contribution in [-0.4, -0.2) is 67.1 Å². The lowest BCUT2D eigenvalue weighted by molar-refractivity contribution is -0.125. The van der Waals surface area contributed by atoms with E-state index in [0.29, 0.717) is 24.4 Å². The summed E-state index contributed by atoms with van der Waals surface area (Å²) in [4.78, 5) is 14.3. The van der Waals surface area contributed by atoms with Gasteiger partial charge in [0.1, 0.15) is 12.4 Å². The molecule has 3 saturated heterocycles. The highest BCUT2D eigenvalue weighted by molar-refractivity contribution is 5.77. The Bertz CT molecular complexity index is 865. The van der Waals surface area contributed by atoms with Crippen molar-refractivity contribution >= 4 is 5.91 Å². The summed E-state index contributed by atoms with van der Waals surface area (Å²) < 4.78 is 12.5. The van der Waals surface area contributed by atoms with Gasteiger partial charge in [0.15, 0.2) is 0 Å². The molecule has 29 heavy (non-hydrogen) atoms. The van der Waals surface area contributed by atoms with E-state index >= 15 is 0 Å². The second-order valence-corrected chi connectivity index (χ2v) is 8.06. The number of nitrogens with one attached hydrogen (secondary N) is 1. The molecule has 1 N–H and O–H groups in total. The summed E-state index contributed by atoms with van der Waals surface area (Å²) in [6, 6.07) is 10.7. The zero-order valence-corrected chi connectivity index (χ0v) is 17.4. The van der Waals surface area contributed by atoms with Crippen LogP contribution in [-0.2, 0) is 16.6 Å². The van der Waals surface area contributed by atoms with E-state index in [1.54, 1.807) is 14.2 Å². The Morgan fingerprint density at radius 3 is 2.86 bits per heavy atom. The summed E-state index contributed by atoms with van der Waals surface area (Å²) in [6.45, 7) is 2.94. The molecule has 3 fully saturated rings. The first kappa shape index (κ1) is 19.9. The van der Waals surface area contributed by atoms with Crippen LogP contribution in [0.25, 0.3) is 11.3 Å². The maximum absolute atomic E-state index is 11.7. The molecule has 4 heterocycles. The Morgan fingerprint density at radius 2 is 2.14 bits per heavy atom. The van der Waals surface area contributed by atoms with Crippen LogP contribution in [0, 0.1) is 5.92 Å². The summed E-state index contributed by atoms with van der Waals surface area (Å²) >= 11 is 0. The van der Waals surface area contributed by atoms with Crippen LogP contribution >= 0.6 is 0 Å². The predicted molar refractivity (Wildman–Crippen MR) is 111 cm³/mol. The number of methoxy groups -OCH3 is 2. The molecule has 0 saturated carbocycles. The smallest absolute Gasteiger partial charge is 0.246 e. The first-order valence-electron chi connectivity index (χ1n) is 10.3. The second-order valence-electron chi connectivity index (χ2n) is 8.06. The topological polar surface area (TPSA) is 68.6 Å². The predicted octanol–water partition coefficient (Wildman–Crippen LogP) is 2.04. The van der Waals surface area contributed by atoms with Crippen molar-refractivity contribution < 1.29 is 14.3 Å². The molecule has 4 atom stereocenters. The van der Waals surface area contributed by atoms with E-state index in [1.165, 1.54) is 12.1 Å². The maximum Gasteiger partial charge on any atom is 0.246 e. The Labute approximate surface area is 172 Å². The third kappa shape index (κ3) is 4.02. The zero-order chi connectivity index (χ0) is 20.4. The van der Waals surface area contributed by atoms with Crippen molar-refractivity contribution in [2.75, 3.05) is 40.5 Å². The number of hydrogen-bond donors (Lipinski definition) is 1. The van der Waals surface area contributed by atoms with E-state index in [2.05, 4.69) is 22.3 Å². The zero-order valence-electron chi connectivity index (χ0n) is 17.4. The average Bonchev–Trinajstić information content (AvgIpc) is 3.14. The van der Waals surface area contributed by atoms with Gasteiger partial charge in [0.05, 0.1) is 12.8 Å². The number of benzene rings is 1. The first-order valence-corrected chi connectivity index (χ1v) is 10.3. The number of fused-ring (bicyclic) bond motifs is 3. The Hall–Kier alpha value is -2.38. The van der Waals surface area contributed by atoms with Crippen molar-refractivity contribution in [1.82, 2.24) is 20.0 Å². The molecule has 2 bridgehead atoms. The average molecular weight is 399 g/mol. The third-order valence-electron chi connectivity index (χ3n) is 6.37. The molecule has 3 aliphatic heterocycles. The molecule has 5 rings (SSSR count). The molecule has 7 heteroatoms. The number of aromatic nitrogens is 2. The molecule has 156 valence electrons. The SMILES string of the molecule is COCC(=O)NC[C@H]1C[C@@H]2CCN1C[C@H]2c1cc(-c2ccccc2OC)nn1C. The quantitative estimate of drug-likeness (QED) is 0.773. The lowest BCUT2D eigenvalue weighted by Crippen LogP contribution is -2.56. The Balaban J connectivity index is 1.48. The van der Waals surface area contributed by atoms with Crippen LogP contribution in [0.5, 0.6) is 5.75 Å². The van der Waals surface area contributed by atoms with Gasteiger partial charge in [-0.25, -0.2) is 0 Å². The van der Waals surface area contributed by atoms with Gasteiger partial charge in [0.2, 0.25) is 5.91 Å². The van der Waals surface area contributed by atoms with E-state index in [0.717, 1.165) is 36.5 Å². The molecule has 1 unspecified atom stereocenters. The highest BCUT2D eigenvalue weighted by atomic mass is 16.5. The van der Waals surface area contributed by atoms with Gasteiger partial charge in [-0.15, -0.1) is 0 Å². The largest absolute Gasteiger partial charge is 0.496 e. The van der Waals surface area contributed by atoms with Crippen LogP contribution < -0.4 is 10.1 Å². The van der Waals surface area contributed by atoms with Crippen LogP contribution in [0.4, 0.5) is 0 Å². The Kier molecular flexibility index (Phi) is 5.87. The number of carbonyl (C=O) groups excluding carboxylic acids is 1. The summed E-state index contributed by atoms with van der Waals surface area (Å²) in [7, 11) is 5.28. The minimum atomic E-state index is -0.0419. The van der Waals surface area contributed by atoms with E-state index in [1.807, 2.05) is 29.9 Å². The fourth-order valence-electron chi connectivity index (χ4n) is 4.92. The highest BCUT2D eigenvalue weighted by Crippen LogP contribution is 2.42. The van der Waals surface area contributed by atoms with Gasteiger partial charge in [-0.3, -0.25) is 14.4 Å². The molecule has 1 aromatic heterocycles. The van der Waals surface area contributed by atoms with Crippen LogP contribution in [0.3, 0.4) is 0 Å². The number of nitrogens with zero attached hydrogens (tertiary/aromatic N) is 3. The van der Waals surface area contributed by atoms with E-state index in [4.69, 9.17) is 14.6 Å². The molecule has 1 amide bonds. The minimum absolute atomic E-state index is 0.0419. The van der Waals surface area contributed by atoms with Gasteiger partial charge in [0.25, 0.3) is 0 Å². The number of hydrogen-bond acceptors (Lipinski definition) is 5. The lowest BCUT2D eigenvalue weighted by atomic mass is 9.74. The van der Waals surface area contributed by atoms with Crippen molar-refractivity contribution in [3.8, 4) is 17.0 Å². The number of piperidine rings is 3. The third-order valence-corrected chi connectivity index (χ3v) is 6.37. The highest BCUT2D eigenvalue weighted by Gasteiger charge is 2.41. The van der Waals surface area contributed by atoms with E-state index < -0.39 is 0 Å². The van der Waals surface area contributed by atoms with Gasteiger partial charge in [-0.05, 0) is 43.5 Å². The number of aryl methyl sites for hydroxylation is 1. The molecule has 0 spiro atoms. The number of para-hydroxylation sites is 1. The van der Waals surface area contributed by atoms with E-state index in [9.17, 15) is 4.79 Å². The molecular weight excluding hydrogens is 368 g/mol. The summed E-state index contributed by atoms with van der Waals surface area (Å²) in [5.74, 6) is 1.89. The van der Waals surface area contributed by atoms with Gasteiger partial charge in [-0.2, -0.15) is 5.10 Å². The number of ether oxygens (including phenoxy) is 2. The number of amides is 1. The molecular formula is C22H30N4O3. The second kappa shape index (κ2) is 8.55. The lowest BCUT2D eigenvalue weighted by Gasteiger charge is -2.50. The molecule has 0 aliphatic carbocycles. The normalized spacial score (nSPS) is 25.8. The van der Waals surface area contributed by atoms with Gasteiger partial charge in [0, 0.05) is 50.5 Å². The Morgan fingerprint density at radius 1 is 1.31 bits per heavy atom. The van der Waals surface area contributed by atoms with Crippen LogP contribution in [0.2, 0.25) is 0 Å². The van der Waals surface area contributed by atoms with Crippen LogP contribution in [0.15, 0.2) is 30.3 Å². The minimum Gasteiger partial charge on any atom is -0.496 e. The van der Waals surface area contributed by atoms with Crippen molar-refractivity contribution in [1.29, 1.82) is 0 Å². The number of rotatable bonds is 7. The van der Waals surface area contributed by atoms with E-state index in [-0.39, 0.29) is 12.5 Å². The molecule has 2 aromatic rings. The van der Waals surface area contributed by atoms with Gasteiger partial charge < -0.3 is 14.8 Å². The van der Waals surface area contributed by atoms with Crippen LogP contribution in [0.1, 0.15) is 24.5 Å². The van der Waals surface area contributed by atoms with Crippen molar-refractivity contribution in [2.24, 2.45) is 13.0 Å². The molecule has 0 radical (unpaired) electrons. The van der Waals surface area contributed by atoms with Crippen molar-refractivity contribution in [3.63, 3.8) is 0 Å². The standard InChI is InChI=1S/C22H30N4O3/c1-25-20(11-19(24-25)17-6-4-5-7-21(17)29-3)18-13-26-9-8-15(18)10-16(26)12-23-22(27)14-28-2/h4-7,11,15-16,18H,8-10,12-14H2,1-3H3,(H,23,27)/t15-,16+,18+/m0/s1. The summed E-state index contributed by atoms with van der Waals surface area (Å²) in [5, 5.41) is 7.80. The fourth-order valence-corrected chi connectivity index (χ4v) is 4.92.